The number of hydrogen-bond acceptors (Lipinski definition) is 3. The molecule has 0 saturated carbocycles. The highest BCUT2D eigenvalue weighted by atomic mass is 16.3. The third kappa shape index (κ3) is 2.85. The summed E-state index contributed by atoms with van der Waals surface area (Å²) in [6, 6.07) is 13.0. The van der Waals surface area contributed by atoms with E-state index in [1.165, 1.54) is 6.26 Å². The molecule has 1 heterocycles. The predicted molar refractivity (Wildman–Crippen MR) is 69.4 cm³/mol. The maximum Gasteiger partial charge on any atom is 0.307 e. The summed E-state index contributed by atoms with van der Waals surface area (Å²) in [5.74, 6) is -0.0934. The second kappa shape index (κ2) is 5.82. The van der Waals surface area contributed by atoms with Crippen LogP contribution in [0.1, 0.15) is 29.5 Å². The van der Waals surface area contributed by atoms with Crippen LogP contribution < -0.4 is 5.43 Å². The Kier molecular flexibility index (Phi) is 3.91. The molecular weight excluding hydrogens is 228 g/mol. The molecule has 0 atom stereocenters. The first-order valence-corrected chi connectivity index (χ1v) is 5.77. The zero-order valence-electron chi connectivity index (χ0n) is 10.1. The van der Waals surface area contributed by atoms with E-state index in [0.29, 0.717) is 0 Å². The van der Waals surface area contributed by atoms with Crippen LogP contribution in [0.15, 0.2) is 58.2 Å². The number of nitrogens with one attached hydrogen (secondary N) is 1. The number of rotatable bonds is 4. The van der Waals surface area contributed by atoms with Crippen molar-refractivity contribution < 1.29 is 9.21 Å². The molecule has 0 aliphatic rings. The van der Waals surface area contributed by atoms with Gasteiger partial charge in [-0.1, -0.05) is 37.3 Å². The van der Waals surface area contributed by atoms with E-state index in [1.807, 2.05) is 37.3 Å². The van der Waals surface area contributed by atoms with Gasteiger partial charge in [-0.2, -0.15) is 5.10 Å². The molecule has 92 valence electrons. The molecule has 4 nitrogen and oxygen atoms in total. The summed E-state index contributed by atoms with van der Waals surface area (Å²) >= 11 is 0. The normalized spacial score (nSPS) is 11.3. The number of hydrogen-bond donors (Lipinski definition) is 1. The van der Waals surface area contributed by atoms with E-state index in [4.69, 9.17) is 4.42 Å². The summed E-state index contributed by atoms with van der Waals surface area (Å²) in [6.45, 7) is 1.99. The van der Waals surface area contributed by atoms with Crippen LogP contribution in [-0.2, 0) is 0 Å². The zero-order chi connectivity index (χ0) is 12.8. The number of carbonyl (C=O) groups is 1. The van der Waals surface area contributed by atoms with Crippen LogP contribution >= 0.6 is 0 Å². The van der Waals surface area contributed by atoms with Crippen LogP contribution in [0.3, 0.4) is 0 Å². The van der Waals surface area contributed by atoms with Crippen LogP contribution in [0.5, 0.6) is 0 Å². The summed E-state index contributed by atoms with van der Waals surface area (Å²) in [4.78, 5) is 11.6. The molecule has 0 bridgehead atoms. The van der Waals surface area contributed by atoms with Gasteiger partial charge in [0.25, 0.3) is 0 Å². The Morgan fingerprint density at radius 1 is 1.22 bits per heavy atom. The van der Waals surface area contributed by atoms with Gasteiger partial charge in [0.1, 0.15) is 0 Å². The Hall–Kier alpha value is -2.36. The zero-order valence-corrected chi connectivity index (χ0v) is 10.1. The van der Waals surface area contributed by atoms with Gasteiger partial charge in [-0.05, 0) is 24.1 Å². The van der Waals surface area contributed by atoms with Crippen molar-refractivity contribution in [2.75, 3.05) is 0 Å². The smallest absolute Gasteiger partial charge is 0.307 e. The highest BCUT2D eigenvalue weighted by Crippen LogP contribution is 2.04. The van der Waals surface area contributed by atoms with E-state index < -0.39 is 0 Å². The average molecular weight is 242 g/mol. The molecule has 0 aliphatic heterocycles. The molecule has 0 fully saturated rings. The van der Waals surface area contributed by atoms with Crippen LogP contribution in [0.2, 0.25) is 0 Å². The van der Waals surface area contributed by atoms with Gasteiger partial charge >= 0.3 is 5.91 Å². The van der Waals surface area contributed by atoms with Crippen molar-refractivity contribution in [1.82, 2.24) is 5.43 Å². The monoisotopic (exact) mass is 242 g/mol. The summed E-state index contributed by atoms with van der Waals surface area (Å²) in [5.41, 5.74) is 4.32. The van der Waals surface area contributed by atoms with Gasteiger partial charge in [0.2, 0.25) is 0 Å². The van der Waals surface area contributed by atoms with Crippen molar-refractivity contribution in [3.8, 4) is 0 Å². The molecule has 0 saturated heterocycles. The van der Waals surface area contributed by atoms with Crippen molar-refractivity contribution in [3.63, 3.8) is 0 Å². The van der Waals surface area contributed by atoms with E-state index in [2.05, 4.69) is 10.5 Å². The molecule has 0 aliphatic carbocycles. The molecule has 1 aromatic carbocycles. The first kappa shape index (κ1) is 12.1. The molecule has 1 amide bonds. The Bertz CT molecular complexity index is 530. The first-order valence-electron chi connectivity index (χ1n) is 5.77. The van der Waals surface area contributed by atoms with Gasteiger partial charge in [-0.25, -0.2) is 5.43 Å². The molecule has 1 aromatic heterocycles. The third-order valence-corrected chi connectivity index (χ3v) is 2.48. The standard InChI is InChI=1S/C14H14N2O2/c1-2-12(11-7-4-3-5-8-11)15-16-14(17)13-9-6-10-18-13/h3-10H,2H2,1H3,(H,16,17). The van der Waals surface area contributed by atoms with Gasteiger partial charge in [0.05, 0.1) is 12.0 Å². The van der Waals surface area contributed by atoms with Crippen molar-refractivity contribution in [2.24, 2.45) is 5.10 Å². The largest absolute Gasteiger partial charge is 0.459 e. The lowest BCUT2D eigenvalue weighted by Gasteiger charge is -2.03. The van der Waals surface area contributed by atoms with Gasteiger partial charge < -0.3 is 4.42 Å². The lowest BCUT2D eigenvalue weighted by molar-refractivity contribution is 0.0927. The Morgan fingerprint density at radius 2 is 2.00 bits per heavy atom. The van der Waals surface area contributed by atoms with Crippen molar-refractivity contribution in [1.29, 1.82) is 0 Å². The van der Waals surface area contributed by atoms with Gasteiger partial charge in [-0.3, -0.25) is 4.79 Å². The fourth-order valence-electron chi connectivity index (χ4n) is 1.56. The van der Waals surface area contributed by atoms with Crippen LogP contribution in [-0.4, -0.2) is 11.6 Å². The van der Waals surface area contributed by atoms with E-state index >= 15 is 0 Å². The molecule has 2 aromatic rings. The fourth-order valence-corrected chi connectivity index (χ4v) is 1.56. The fraction of sp³-hybridized carbons (Fsp3) is 0.143. The van der Waals surface area contributed by atoms with E-state index in [0.717, 1.165) is 17.7 Å². The van der Waals surface area contributed by atoms with Gasteiger partial charge in [0.15, 0.2) is 5.76 Å². The van der Waals surface area contributed by atoms with E-state index in [-0.39, 0.29) is 11.7 Å². The van der Waals surface area contributed by atoms with Crippen LogP contribution in [0.4, 0.5) is 0 Å². The molecule has 18 heavy (non-hydrogen) atoms. The van der Waals surface area contributed by atoms with Crippen molar-refractivity contribution in [3.05, 3.63) is 60.1 Å². The minimum atomic E-state index is -0.345. The average Bonchev–Trinajstić information content (AvgIpc) is 2.94. The third-order valence-electron chi connectivity index (χ3n) is 2.48. The lowest BCUT2D eigenvalue weighted by Crippen LogP contribution is -2.19. The molecule has 4 heteroatoms. The van der Waals surface area contributed by atoms with Gasteiger partial charge in [0, 0.05) is 0 Å². The Labute approximate surface area is 105 Å². The highest BCUT2D eigenvalue weighted by Gasteiger charge is 2.07. The maximum atomic E-state index is 11.6. The van der Waals surface area contributed by atoms with Crippen LogP contribution in [0, 0.1) is 0 Å². The number of furan rings is 1. The second-order valence-corrected chi connectivity index (χ2v) is 3.70. The molecule has 1 N–H and O–H groups in total. The predicted octanol–water partition coefficient (Wildman–Crippen LogP) is 2.82. The summed E-state index contributed by atoms with van der Waals surface area (Å²) in [7, 11) is 0. The SMILES string of the molecule is CCC(=NNC(=O)c1ccco1)c1ccccc1. The Balaban J connectivity index is 2.10. The maximum absolute atomic E-state index is 11.6. The van der Waals surface area contributed by atoms with Crippen molar-refractivity contribution in [2.45, 2.75) is 13.3 Å². The van der Waals surface area contributed by atoms with Gasteiger partial charge in [-0.15, -0.1) is 0 Å². The molecule has 0 spiro atoms. The lowest BCUT2D eigenvalue weighted by atomic mass is 10.1. The minimum Gasteiger partial charge on any atom is -0.459 e. The first-order chi connectivity index (χ1) is 8.81. The summed E-state index contributed by atoms with van der Waals surface area (Å²) in [5, 5.41) is 4.13. The number of carbonyl (C=O) groups excluding carboxylic acids is 1. The second-order valence-electron chi connectivity index (χ2n) is 3.70. The van der Waals surface area contributed by atoms with Crippen molar-refractivity contribution >= 4 is 11.6 Å². The minimum absolute atomic E-state index is 0.252. The Morgan fingerprint density at radius 3 is 2.61 bits per heavy atom. The van der Waals surface area contributed by atoms with E-state index in [9.17, 15) is 4.79 Å². The molecular formula is C14H14N2O2. The molecule has 0 unspecified atom stereocenters. The topological polar surface area (TPSA) is 54.6 Å². The number of benzene rings is 1. The molecule has 2 rings (SSSR count). The molecule has 0 radical (unpaired) electrons. The summed E-state index contributed by atoms with van der Waals surface area (Å²) in [6.07, 6.45) is 2.19. The van der Waals surface area contributed by atoms with Crippen LogP contribution in [0.25, 0.3) is 0 Å². The summed E-state index contributed by atoms with van der Waals surface area (Å²) < 4.78 is 4.99. The quantitative estimate of drug-likeness (QED) is 0.662. The van der Waals surface area contributed by atoms with E-state index in [1.54, 1.807) is 12.1 Å². The number of amides is 1. The number of hydrazone groups is 1. The highest BCUT2D eigenvalue weighted by molar-refractivity contribution is 6.01. The number of nitrogens with zero attached hydrogens (tertiary/aromatic N) is 1.